The van der Waals surface area contributed by atoms with Gasteiger partial charge in [0.05, 0.1) is 27.9 Å². The average Bonchev–Trinajstić information content (AvgIpc) is 3.31. The number of hydrogen-bond donors (Lipinski definition) is 2. The summed E-state index contributed by atoms with van der Waals surface area (Å²) in [6.07, 6.45) is 0.864. The van der Waals surface area contributed by atoms with E-state index in [1.54, 1.807) is 36.4 Å². The molecule has 0 aliphatic carbocycles. The highest BCUT2D eigenvalue weighted by Gasteiger charge is 2.25. The fourth-order valence-electron chi connectivity index (χ4n) is 3.98. The van der Waals surface area contributed by atoms with Crippen LogP contribution in [0.2, 0.25) is 0 Å². The van der Waals surface area contributed by atoms with Crippen molar-refractivity contribution in [2.75, 3.05) is 50.0 Å². The zero-order valence-corrected chi connectivity index (χ0v) is 19.4. The molecule has 2 amide bonds. The topological polar surface area (TPSA) is 89.1 Å². The summed E-state index contributed by atoms with van der Waals surface area (Å²) in [5.74, 6) is 1.07. The van der Waals surface area contributed by atoms with E-state index in [1.807, 2.05) is 23.1 Å². The number of nitrogens with one attached hydrogen (secondary N) is 2. The number of carbonyl (C=O) groups excluding carboxylic acids is 2. The number of rotatable bonds is 8. The molecule has 0 radical (unpaired) electrons. The molecule has 1 heterocycles. The SMILES string of the molecule is COc1cc(NC(=O)CNc2ccc(C(=O)N3CCc4ccccc43)cc2)cc(OC)c1OC. The van der Waals surface area contributed by atoms with Crippen LogP contribution in [0, 0.1) is 0 Å². The molecule has 1 aliphatic rings. The monoisotopic (exact) mass is 461 g/mol. The molecule has 3 aromatic rings. The number of carbonyl (C=O) groups is 2. The van der Waals surface area contributed by atoms with Gasteiger partial charge >= 0.3 is 0 Å². The van der Waals surface area contributed by atoms with E-state index in [9.17, 15) is 9.59 Å². The smallest absolute Gasteiger partial charge is 0.258 e. The summed E-state index contributed by atoms with van der Waals surface area (Å²) in [6, 6.07) is 18.4. The highest BCUT2D eigenvalue weighted by Crippen LogP contribution is 2.39. The Kier molecular flexibility index (Phi) is 6.87. The van der Waals surface area contributed by atoms with Crippen LogP contribution >= 0.6 is 0 Å². The van der Waals surface area contributed by atoms with E-state index in [2.05, 4.69) is 16.7 Å². The van der Waals surface area contributed by atoms with E-state index >= 15 is 0 Å². The van der Waals surface area contributed by atoms with Crippen molar-refractivity contribution in [1.29, 1.82) is 0 Å². The first-order valence-electron chi connectivity index (χ1n) is 10.9. The largest absolute Gasteiger partial charge is 0.493 e. The van der Waals surface area contributed by atoms with Gasteiger partial charge in [0.25, 0.3) is 5.91 Å². The summed E-state index contributed by atoms with van der Waals surface area (Å²) in [7, 11) is 4.55. The van der Waals surface area contributed by atoms with E-state index in [4.69, 9.17) is 14.2 Å². The Morgan fingerprint density at radius 3 is 2.21 bits per heavy atom. The fourth-order valence-corrected chi connectivity index (χ4v) is 3.98. The number of hydrogen-bond acceptors (Lipinski definition) is 6. The predicted octanol–water partition coefficient (Wildman–Crippen LogP) is 3.97. The molecule has 176 valence electrons. The maximum Gasteiger partial charge on any atom is 0.258 e. The van der Waals surface area contributed by atoms with Gasteiger partial charge in [0.2, 0.25) is 11.7 Å². The number of para-hydroxylation sites is 1. The Labute approximate surface area is 198 Å². The van der Waals surface area contributed by atoms with Crippen LogP contribution in [0.5, 0.6) is 17.2 Å². The number of anilines is 3. The molecule has 1 aliphatic heterocycles. The highest BCUT2D eigenvalue weighted by molar-refractivity contribution is 6.07. The Bertz CT molecular complexity index is 1170. The fraction of sp³-hybridized carbons (Fsp3) is 0.231. The maximum absolute atomic E-state index is 13.0. The molecule has 34 heavy (non-hydrogen) atoms. The predicted molar refractivity (Wildman–Crippen MR) is 131 cm³/mol. The van der Waals surface area contributed by atoms with Gasteiger partial charge in [-0.05, 0) is 42.3 Å². The van der Waals surface area contributed by atoms with Gasteiger partial charge in [0.1, 0.15) is 0 Å². The molecule has 0 aromatic heterocycles. The Morgan fingerprint density at radius 2 is 1.56 bits per heavy atom. The molecule has 2 N–H and O–H groups in total. The zero-order valence-electron chi connectivity index (χ0n) is 19.4. The first-order chi connectivity index (χ1) is 16.5. The second-order valence-electron chi connectivity index (χ2n) is 7.73. The van der Waals surface area contributed by atoms with E-state index in [1.165, 1.54) is 26.9 Å². The first-order valence-corrected chi connectivity index (χ1v) is 10.9. The van der Waals surface area contributed by atoms with Crippen LogP contribution in [0.15, 0.2) is 60.7 Å². The van der Waals surface area contributed by atoms with Gasteiger partial charge in [0, 0.05) is 41.3 Å². The van der Waals surface area contributed by atoms with Gasteiger partial charge in [-0.25, -0.2) is 0 Å². The lowest BCUT2D eigenvalue weighted by Crippen LogP contribution is -2.28. The molecule has 4 rings (SSSR count). The molecular weight excluding hydrogens is 434 g/mol. The van der Waals surface area contributed by atoms with E-state index in [0.717, 1.165) is 17.8 Å². The van der Waals surface area contributed by atoms with Gasteiger partial charge < -0.3 is 29.7 Å². The number of benzene rings is 3. The normalized spacial score (nSPS) is 12.0. The van der Waals surface area contributed by atoms with Gasteiger partial charge in [-0.2, -0.15) is 0 Å². The van der Waals surface area contributed by atoms with E-state index < -0.39 is 0 Å². The van der Waals surface area contributed by atoms with Gasteiger partial charge in [-0.3, -0.25) is 9.59 Å². The van der Waals surface area contributed by atoms with Crippen LogP contribution in [0.3, 0.4) is 0 Å². The summed E-state index contributed by atoms with van der Waals surface area (Å²) in [5.41, 5.74) is 4.01. The lowest BCUT2D eigenvalue weighted by Gasteiger charge is -2.17. The Morgan fingerprint density at radius 1 is 0.882 bits per heavy atom. The molecule has 3 aromatic carbocycles. The van der Waals surface area contributed by atoms with E-state index in [-0.39, 0.29) is 18.4 Å². The maximum atomic E-state index is 13.0. The van der Waals surface area contributed by atoms with Gasteiger partial charge in [-0.1, -0.05) is 18.2 Å². The average molecular weight is 462 g/mol. The number of methoxy groups -OCH3 is 3. The number of amides is 2. The van der Waals surface area contributed by atoms with Crippen molar-refractivity contribution < 1.29 is 23.8 Å². The summed E-state index contributed by atoms with van der Waals surface area (Å²) in [5, 5.41) is 5.88. The third-order valence-electron chi connectivity index (χ3n) is 5.67. The van der Waals surface area contributed by atoms with Gasteiger partial charge in [-0.15, -0.1) is 0 Å². The zero-order chi connectivity index (χ0) is 24.1. The van der Waals surface area contributed by atoms with Crippen molar-refractivity contribution in [3.63, 3.8) is 0 Å². The molecule has 0 unspecified atom stereocenters. The molecule has 0 saturated carbocycles. The van der Waals surface area contributed by atoms with Crippen molar-refractivity contribution >= 4 is 28.9 Å². The highest BCUT2D eigenvalue weighted by atomic mass is 16.5. The lowest BCUT2D eigenvalue weighted by atomic mass is 10.1. The summed E-state index contributed by atoms with van der Waals surface area (Å²) in [4.78, 5) is 27.2. The quantitative estimate of drug-likeness (QED) is 0.528. The molecule has 0 saturated heterocycles. The number of ether oxygens (including phenoxy) is 3. The van der Waals surface area contributed by atoms with Crippen molar-refractivity contribution in [2.24, 2.45) is 0 Å². The summed E-state index contributed by atoms with van der Waals surface area (Å²) < 4.78 is 15.9. The van der Waals surface area contributed by atoms with Crippen LogP contribution < -0.4 is 29.7 Å². The standard InChI is InChI=1S/C26H27N3O5/c1-32-22-14-20(15-23(33-2)25(22)34-3)28-24(30)16-27-19-10-8-18(9-11-19)26(31)29-13-12-17-6-4-5-7-21(17)29/h4-11,14-15,27H,12-13,16H2,1-3H3,(H,28,30). The lowest BCUT2D eigenvalue weighted by molar-refractivity contribution is -0.114. The van der Waals surface area contributed by atoms with E-state index in [0.29, 0.717) is 35.0 Å². The van der Waals surface area contributed by atoms with Crippen molar-refractivity contribution in [1.82, 2.24) is 0 Å². The summed E-state index contributed by atoms with van der Waals surface area (Å²) in [6.45, 7) is 0.725. The molecule has 8 nitrogen and oxygen atoms in total. The molecule has 0 spiro atoms. The second kappa shape index (κ2) is 10.2. The molecule has 0 atom stereocenters. The van der Waals surface area contributed by atoms with Crippen molar-refractivity contribution in [3.05, 3.63) is 71.8 Å². The Hall–Kier alpha value is -4.20. The minimum absolute atomic E-state index is 0.0309. The van der Waals surface area contributed by atoms with Gasteiger partial charge in [0.15, 0.2) is 11.5 Å². The minimum Gasteiger partial charge on any atom is -0.493 e. The van der Waals surface area contributed by atoms with Crippen LogP contribution in [0.25, 0.3) is 0 Å². The molecule has 8 heteroatoms. The third kappa shape index (κ3) is 4.76. The Balaban J connectivity index is 1.36. The first kappa shape index (κ1) is 23.0. The van der Waals surface area contributed by atoms with Crippen LogP contribution in [-0.2, 0) is 11.2 Å². The number of nitrogens with zero attached hydrogens (tertiary/aromatic N) is 1. The second-order valence-corrected chi connectivity index (χ2v) is 7.73. The third-order valence-corrected chi connectivity index (χ3v) is 5.67. The van der Waals surface area contributed by atoms with Crippen LogP contribution in [0.1, 0.15) is 15.9 Å². The minimum atomic E-state index is -0.247. The molecular formula is C26H27N3O5. The summed E-state index contributed by atoms with van der Waals surface area (Å²) >= 11 is 0. The number of fused-ring (bicyclic) bond motifs is 1. The molecule has 0 bridgehead atoms. The van der Waals surface area contributed by atoms with Crippen LogP contribution in [-0.4, -0.2) is 46.2 Å². The van der Waals surface area contributed by atoms with Crippen molar-refractivity contribution in [2.45, 2.75) is 6.42 Å². The molecule has 0 fully saturated rings. The van der Waals surface area contributed by atoms with Crippen LogP contribution in [0.4, 0.5) is 17.1 Å². The van der Waals surface area contributed by atoms with Crippen molar-refractivity contribution in [3.8, 4) is 17.2 Å².